The average Bonchev–Trinajstić information content (AvgIpc) is 4.00. The lowest BCUT2D eigenvalue weighted by Crippen LogP contribution is -2.29. The molecule has 0 amide bonds. The van der Waals surface area contributed by atoms with Gasteiger partial charge in [0.05, 0.1) is 27.6 Å². The molecule has 0 radical (unpaired) electrons. The average molecular weight is 792 g/mol. The standard InChI is InChI=1S/C59H37NO2/c1-3-16-38(17-4-1)41-32-33-54-48(35-41)58-52(28-15-31-56(58)62-54)60(51-27-14-30-55-57(51)46-25-10-12-29-53(46)61-55)44-23-13-22-43(37-44)59(42-20-5-2-6-21-42)49-26-11-9-24-45(49)47-34-39-18-7-8-19-40(39)36-50(47)59/h1-37H. The molecule has 290 valence electrons. The SMILES string of the molecule is c1ccc(-c2ccc3oc4cccc(N(c5cccc(C6(c7ccccc7)c7ccccc7-c7cc8ccccc8cc76)c5)c5cccc6oc7ccccc7c56)c4c3c2)cc1. The van der Waals surface area contributed by atoms with Crippen LogP contribution in [0.15, 0.2) is 233 Å². The van der Waals surface area contributed by atoms with Crippen molar-refractivity contribution in [2.75, 3.05) is 4.90 Å². The fourth-order valence-corrected chi connectivity index (χ4v) is 10.5. The molecule has 62 heavy (non-hydrogen) atoms. The molecule has 13 rings (SSSR count). The van der Waals surface area contributed by atoms with Crippen molar-refractivity contribution in [3.63, 3.8) is 0 Å². The number of nitrogens with zero attached hydrogens (tertiary/aromatic N) is 1. The van der Waals surface area contributed by atoms with Gasteiger partial charge in [0.1, 0.15) is 22.3 Å². The van der Waals surface area contributed by atoms with E-state index in [9.17, 15) is 0 Å². The lowest BCUT2D eigenvalue weighted by molar-refractivity contribution is 0.669. The van der Waals surface area contributed by atoms with Crippen molar-refractivity contribution in [2.45, 2.75) is 5.41 Å². The van der Waals surface area contributed by atoms with Crippen molar-refractivity contribution in [3.8, 4) is 22.3 Å². The van der Waals surface area contributed by atoms with Crippen molar-refractivity contribution in [1.29, 1.82) is 0 Å². The van der Waals surface area contributed by atoms with E-state index in [1.54, 1.807) is 0 Å². The number of hydrogen-bond donors (Lipinski definition) is 0. The van der Waals surface area contributed by atoms with Gasteiger partial charge in [0.2, 0.25) is 0 Å². The molecule has 0 fully saturated rings. The molecule has 1 atom stereocenters. The molecule has 0 N–H and O–H groups in total. The van der Waals surface area contributed by atoms with E-state index < -0.39 is 5.41 Å². The Balaban J connectivity index is 1.13. The molecule has 0 aliphatic heterocycles. The molecule has 1 unspecified atom stereocenters. The third-order valence-electron chi connectivity index (χ3n) is 13.1. The molecule has 2 heterocycles. The van der Waals surface area contributed by atoms with Crippen LogP contribution in [-0.2, 0) is 5.41 Å². The zero-order chi connectivity index (χ0) is 40.8. The Morgan fingerprint density at radius 2 is 0.935 bits per heavy atom. The van der Waals surface area contributed by atoms with E-state index in [0.717, 1.165) is 72.1 Å². The maximum Gasteiger partial charge on any atom is 0.137 e. The van der Waals surface area contributed by atoms with Crippen molar-refractivity contribution in [2.24, 2.45) is 0 Å². The molecule has 12 aromatic rings. The molecule has 3 heteroatoms. The number of fused-ring (bicyclic) bond motifs is 10. The van der Waals surface area contributed by atoms with Crippen molar-refractivity contribution >= 4 is 71.7 Å². The summed E-state index contributed by atoms with van der Waals surface area (Å²) in [5, 5.41) is 6.71. The van der Waals surface area contributed by atoms with Crippen LogP contribution in [0.1, 0.15) is 22.3 Å². The van der Waals surface area contributed by atoms with Crippen LogP contribution in [0.2, 0.25) is 0 Å². The first-order valence-corrected chi connectivity index (χ1v) is 21.2. The van der Waals surface area contributed by atoms with Crippen LogP contribution < -0.4 is 4.90 Å². The fourth-order valence-electron chi connectivity index (χ4n) is 10.5. The zero-order valence-corrected chi connectivity index (χ0v) is 33.6. The summed E-state index contributed by atoms with van der Waals surface area (Å²) in [6, 6.07) is 81.2. The van der Waals surface area contributed by atoms with E-state index in [4.69, 9.17) is 8.83 Å². The largest absolute Gasteiger partial charge is 0.456 e. The molecular weight excluding hydrogens is 755 g/mol. The summed E-state index contributed by atoms with van der Waals surface area (Å²) in [4.78, 5) is 2.43. The highest BCUT2D eigenvalue weighted by atomic mass is 16.3. The Bertz CT molecular complexity index is 3710. The summed E-state index contributed by atoms with van der Waals surface area (Å²) in [7, 11) is 0. The number of para-hydroxylation sites is 1. The number of benzene rings is 10. The smallest absolute Gasteiger partial charge is 0.137 e. The lowest BCUT2D eigenvalue weighted by atomic mass is 9.67. The van der Waals surface area contributed by atoms with Gasteiger partial charge in [0.15, 0.2) is 0 Å². The van der Waals surface area contributed by atoms with E-state index in [-0.39, 0.29) is 0 Å². The molecule has 1 aliphatic rings. The van der Waals surface area contributed by atoms with Gasteiger partial charge in [0.25, 0.3) is 0 Å². The predicted octanol–water partition coefficient (Wildman–Crippen LogP) is 16.1. The Labute approximate surface area is 358 Å². The van der Waals surface area contributed by atoms with Gasteiger partial charge in [-0.15, -0.1) is 0 Å². The monoisotopic (exact) mass is 791 g/mol. The highest BCUT2D eigenvalue weighted by molar-refractivity contribution is 6.18. The number of rotatable bonds is 6. The van der Waals surface area contributed by atoms with Gasteiger partial charge in [-0.3, -0.25) is 0 Å². The normalized spacial score (nSPS) is 14.5. The molecule has 1 aliphatic carbocycles. The van der Waals surface area contributed by atoms with Gasteiger partial charge in [-0.25, -0.2) is 0 Å². The molecule has 10 aromatic carbocycles. The van der Waals surface area contributed by atoms with E-state index >= 15 is 0 Å². The second-order valence-electron chi connectivity index (χ2n) is 16.4. The Morgan fingerprint density at radius 3 is 1.73 bits per heavy atom. The molecular formula is C59H37NO2. The van der Waals surface area contributed by atoms with Gasteiger partial charge in [-0.05, 0) is 122 Å². The molecule has 0 spiro atoms. The predicted molar refractivity (Wildman–Crippen MR) is 256 cm³/mol. The third kappa shape index (κ3) is 5.00. The molecule has 0 saturated carbocycles. The van der Waals surface area contributed by atoms with Crippen LogP contribution in [0.5, 0.6) is 0 Å². The minimum absolute atomic E-state index is 0.605. The Morgan fingerprint density at radius 1 is 0.339 bits per heavy atom. The van der Waals surface area contributed by atoms with Crippen LogP contribution in [0.25, 0.3) is 76.9 Å². The van der Waals surface area contributed by atoms with Gasteiger partial charge in [-0.1, -0.05) is 158 Å². The van der Waals surface area contributed by atoms with Gasteiger partial charge in [0, 0.05) is 16.5 Å². The quantitative estimate of drug-likeness (QED) is 0.168. The van der Waals surface area contributed by atoms with Crippen LogP contribution in [0.4, 0.5) is 17.1 Å². The summed E-state index contributed by atoms with van der Waals surface area (Å²) in [5.41, 5.74) is 15.7. The van der Waals surface area contributed by atoms with Crippen LogP contribution in [0, 0.1) is 0 Å². The van der Waals surface area contributed by atoms with Crippen molar-refractivity contribution < 1.29 is 8.83 Å². The summed E-state index contributed by atoms with van der Waals surface area (Å²) < 4.78 is 13.3. The number of anilines is 3. The first-order valence-electron chi connectivity index (χ1n) is 21.2. The molecule has 3 nitrogen and oxygen atoms in total. The van der Waals surface area contributed by atoms with E-state index in [2.05, 4.69) is 223 Å². The summed E-state index contributed by atoms with van der Waals surface area (Å²) >= 11 is 0. The maximum atomic E-state index is 6.70. The topological polar surface area (TPSA) is 29.5 Å². The van der Waals surface area contributed by atoms with Crippen LogP contribution in [0.3, 0.4) is 0 Å². The van der Waals surface area contributed by atoms with E-state index in [0.29, 0.717) is 0 Å². The summed E-state index contributed by atoms with van der Waals surface area (Å²) in [6.07, 6.45) is 0. The zero-order valence-electron chi connectivity index (χ0n) is 33.6. The maximum absolute atomic E-state index is 6.70. The minimum Gasteiger partial charge on any atom is -0.456 e. The van der Waals surface area contributed by atoms with Crippen LogP contribution in [-0.4, -0.2) is 0 Å². The molecule has 2 aromatic heterocycles. The van der Waals surface area contributed by atoms with Gasteiger partial charge in [-0.2, -0.15) is 0 Å². The number of hydrogen-bond acceptors (Lipinski definition) is 3. The van der Waals surface area contributed by atoms with Gasteiger partial charge >= 0.3 is 0 Å². The van der Waals surface area contributed by atoms with Crippen molar-refractivity contribution in [1.82, 2.24) is 0 Å². The van der Waals surface area contributed by atoms with Crippen molar-refractivity contribution in [3.05, 3.63) is 247 Å². The minimum atomic E-state index is -0.605. The Hall–Kier alpha value is -8.14. The highest BCUT2D eigenvalue weighted by Gasteiger charge is 2.46. The van der Waals surface area contributed by atoms with E-state index in [1.807, 2.05) is 6.07 Å². The number of furan rings is 2. The molecule has 0 bridgehead atoms. The third-order valence-corrected chi connectivity index (χ3v) is 13.1. The highest BCUT2D eigenvalue weighted by Crippen LogP contribution is 2.58. The van der Waals surface area contributed by atoms with Crippen LogP contribution >= 0.6 is 0 Å². The summed E-state index contributed by atoms with van der Waals surface area (Å²) in [6.45, 7) is 0. The fraction of sp³-hybridized carbons (Fsp3) is 0.0169. The van der Waals surface area contributed by atoms with E-state index in [1.165, 1.54) is 44.2 Å². The lowest BCUT2D eigenvalue weighted by Gasteiger charge is -2.35. The van der Waals surface area contributed by atoms with Gasteiger partial charge < -0.3 is 13.7 Å². The first-order chi connectivity index (χ1) is 30.7. The first kappa shape index (κ1) is 34.7. The molecule has 0 saturated heterocycles. The second-order valence-corrected chi connectivity index (χ2v) is 16.4. The Kier molecular flexibility index (Phi) is 7.52. The summed E-state index contributed by atoms with van der Waals surface area (Å²) in [5.74, 6) is 0. The second kappa shape index (κ2) is 13.4.